The normalized spacial score (nSPS) is 13.4. The summed E-state index contributed by atoms with van der Waals surface area (Å²) in [4.78, 5) is 11.5. The van der Waals surface area contributed by atoms with Crippen molar-refractivity contribution in [3.8, 4) is 0 Å². The number of ether oxygens (including phenoxy) is 2. The zero-order chi connectivity index (χ0) is 12.9. The summed E-state index contributed by atoms with van der Waals surface area (Å²) in [5.74, 6) is -0.348. The molecule has 0 aliphatic carbocycles. The van der Waals surface area contributed by atoms with Crippen LogP contribution in [0.4, 0.5) is 0 Å². The Bertz CT molecular complexity index is 341. The van der Waals surface area contributed by atoms with E-state index in [1.165, 1.54) is 0 Å². The number of carbonyl (C=O) groups excluding carboxylic acids is 1. The lowest BCUT2D eigenvalue weighted by molar-refractivity contribution is -0.159. The maximum absolute atomic E-state index is 11.5. The highest BCUT2D eigenvalue weighted by Gasteiger charge is 2.15. The quantitative estimate of drug-likeness (QED) is 0.734. The summed E-state index contributed by atoms with van der Waals surface area (Å²) in [5.41, 5.74) is -0.329. The number of rotatable bonds is 5. The standard InChI is InChI=1S/C12H20N2O3/c1-10(8-14-7-5-6-13-14)17-11(15)9-16-12(2,3)4/h5-7,10H,8-9H2,1-4H3. The summed E-state index contributed by atoms with van der Waals surface area (Å²) in [7, 11) is 0. The van der Waals surface area contributed by atoms with Crippen LogP contribution in [0.5, 0.6) is 0 Å². The Morgan fingerprint density at radius 3 is 2.71 bits per heavy atom. The second kappa shape index (κ2) is 5.82. The van der Waals surface area contributed by atoms with Gasteiger partial charge < -0.3 is 9.47 Å². The van der Waals surface area contributed by atoms with Crippen molar-refractivity contribution in [3.05, 3.63) is 18.5 Å². The van der Waals surface area contributed by atoms with Crippen LogP contribution in [0.25, 0.3) is 0 Å². The molecule has 1 aromatic heterocycles. The van der Waals surface area contributed by atoms with Crippen molar-refractivity contribution in [3.63, 3.8) is 0 Å². The van der Waals surface area contributed by atoms with Crippen LogP contribution in [-0.4, -0.2) is 34.1 Å². The van der Waals surface area contributed by atoms with E-state index in [1.807, 2.05) is 40.0 Å². The molecule has 1 aromatic rings. The van der Waals surface area contributed by atoms with Crippen molar-refractivity contribution in [1.82, 2.24) is 9.78 Å². The van der Waals surface area contributed by atoms with Crippen molar-refractivity contribution in [2.75, 3.05) is 6.61 Å². The number of hydrogen-bond acceptors (Lipinski definition) is 4. The van der Waals surface area contributed by atoms with Crippen LogP contribution >= 0.6 is 0 Å². The Labute approximate surface area is 102 Å². The van der Waals surface area contributed by atoms with E-state index < -0.39 is 0 Å². The summed E-state index contributed by atoms with van der Waals surface area (Å²) in [6.07, 6.45) is 3.30. The van der Waals surface area contributed by atoms with Gasteiger partial charge in [-0.3, -0.25) is 4.68 Å². The first-order valence-electron chi connectivity index (χ1n) is 5.68. The smallest absolute Gasteiger partial charge is 0.332 e. The molecule has 0 N–H and O–H groups in total. The Balaban J connectivity index is 2.26. The highest BCUT2D eigenvalue weighted by molar-refractivity contribution is 5.70. The second-order valence-electron chi connectivity index (χ2n) is 4.93. The number of esters is 1. The second-order valence-corrected chi connectivity index (χ2v) is 4.93. The molecule has 0 bridgehead atoms. The van der Waals surface area contributed by atoms with Crippen LogP contribution in [0.1, 0.15) is 27.7 Å². The van der Waals surface area contributed by atoms with Crippen LogP contribution in [0.3, 0.4) is 0 Å². The van der Waals surface area contributed by atoms with Gasteiger partial charge >= 0.3 is 5.97 Å². The minimum atomic E-state index is -0.348. The van der Waals surface area contributed by atoms with E-state index in [2.05, 4.69) is 5.10 Å². The van der Waals surface area contributed by atoms with Gasteiger partial charge in [0.2, 0.25) is 0 Å². The lowest BCUT2D eigenvalue weighted by Crippen LogP contribution is -2.28. The summed E-state index contributed by atoms with van der Waals surface area (Å²) < 4.78 is 12.2. The molecular formula is C12H20N2O3. The fourth-order valence-corrected chi connectivity index (χ4v) is 1.24. The average Bonchev–Trinajstić information content (AvgIpc) is 2.66. The van der Waals surface area contributed by atoms with Crippen LogP contribution in [0, 0.1) is 0 Å². The van der Waals surface area contributed by atoms with Gasteiger partial charge in [0.05, 0.1) is 12.1 Å². The molecule has 0 aliphatic rings. The molecule has 96 valence electrons. The zero-order valence-electron chi connectivity index (χ0n) is 10.8. The molecule has 0 saturated heterocycles. The number of aromatic nitrogens is 2. The molecule has 0 amide bonds. The Kier molecular flexibility index (Phi) is 4.69. The van der Waals surface area contributed by atoms with Gasteiger partial charge in [0.25, 0.3) is 0 Å². The molecule has 5 nitrogen and oxygen atoms in total. The van der Waals surface area contributed by atoms with Gasteiger partial charge in [-0.15, -0.1) is 0 Å². The lowest BCUT2D eigenvalue weighted by atomic mass is 10.2. The Morgan fingerprint density at radius 1 is 1.47 bits per heavy atom. The van der Waals surface area contributed by atoms with Gasteiger partial charge in [-0.05, 0) is 33.8 Å². The first-order valence-corrected chi connectivity index (χ1v) is 5.68. The molecular weight excluding hydrogens is 220 g/mol. The maximum atomic E-state index is 11.5. The van der Waals surface area contributed by atoms with E-state index in [1.54, 1.807) is 10.9 Å². The molecule has 1 heterocycles. The molecule has 5 heteroatoms. The van der Waals surface area contributed by atoms with Gasteiger partial charge in [0.1, 0.15) is 12.7 Å². The molecule has 17 heavy (non-hydrogen) atoms. The maximum Gasteiger partial charge on any atom is 0.332 e. The van der Waals surface area contributed by atoms with Gasteiger partial charge in [-0.2, -0.15) is 5.10 Å². The van der Waals surface area contributed by atoms with Gasteiger partial charge in [-0.1, -0.05) is 0 Å². The average molecular weight is 240 g/mol. The molecule has 1 rings (SSSR count). The van der Waals surface area contributed by atoms with Crippen LogP contribution in [0.15, 0.2) is 18.5 Å². The molecule has 0 spiro atoms. The first kappa shape index (κ1) is 13.7. The van der Waals surface area contributed by atoms with E-state index in [0.29, 0.717) is 6.54 Å². The third-order valence-electron chi connectivity index (χ3n) is 1.96. The first-order chi connectivity index (χ1) is 7.87. The van der Waals surface area contributed by atoms with Gasteiger partial charge in [0.15, 0.2) is 0 Å². The van der Waals surface area contributed by atoms with Gasteiger partial charge in [0, 0.05) is 12.4 Å². The number of hydrogen-bond donors (Lipinski definition) is 0. The van der Waals surface area contributed by atoms with E-state index in [9.17, 15) is 4.79 Å². The largest absolute Gasteiger partial charge is 0.459 e. The van der Waals surface area contributed by atoms with Crippen molar-refractivity contribution in [1.29, 1.82) is 0 Å². The third kappa shape index (κ3) is 6.06. The predicted octanol–water partition coefficient (Wildman–Crippen LogP) is 1.63. The highest BCUT2D eigenvalue weighted by atomic mass is 16.6. The monoisotopic (exact) mass is 240 g/mol. The summed E-state index contributed by atoms with van der Waals surface area (Å²) in [6.45, 7) is 8.05. The summed E-state index contributed by atoms with van der Waals surface area (Å²) >= 11 is 0. The van der Waals surface area contributed by atoms with Crippen molar-refractivity contribution in [2.24, 2.45) is 0 Å². The molecule has 1 atom stereocenters. The molecule has 0 aliphatic heterocycles. The highest BCUT2D eigenvalue weighted by Crippen LogP contribution is 2.06. The molecule has 0 fully saturated rings. The number of carbonyl (C=O) groups is 1. The predicted molar refractivity (Wildman–Crippen MR) is 63.5 cm³/mol. The van der Waals surface area contributed by atoms with E-state index in [4.69, 9.17) is 9.47 Å². The topological polar surface area (TPSA) is 53.4 Å². The SMILES string of the molecule is CC(Cn1cccn1)OC(=O)COC(C)(C)C. The van der Waals surface area contributed by atoms with Crippen molar-refractivity contribution >= 4 is 5.97 Å². The van der Waals surface area contributed by atoms with Crippen molar-refractivity contribution < 1.29 is 14.3 Å². The Morgan fingerprint density at radius 2 is 2.18 bits per heavy atom. The van der Waals surface area contributed by atoms with Crippen molar-refractivity contribution in [2.45, 2.75) is 45.9 Å². The summed E-state index contributed by atoms with van der Waals surface area (Å²) in [6, 6.07) is 1.83. The van der Waals surface area contributed by atoms with Crippen LogP contribution in [-0.2, 0) is 20.8 Å². The van der Waals surface area contributed by atoms with E-state index in [-0.39, 0.29) is 24.3 Å². The third-order valence-corrected chi connectivity index (χ3v) is 1.96. The fraction of sp³-hybridized carbons (Fsp3) is 0.667. The van der Waals surface area contributed by atoms with E-state index >= 15 is 0 Å². The van der Waals surface area contributed by atoms with Crippen LogP contribution < -0.4 is 0 Å². The number of nitrogens with zero attached hydrogens (tertiary/aromatic N) is 2. The summed E-state index contributed by atoms with van der Waals surface area (Å²) in [5, 5.41) is 4.04. The fourth-order valence-electron chi connectivity index (χ4n) is 1.24. The zero-order valence-corrected chi connectivity index (χ0v) is 10.8. The molecule has 0 saturated carbocycles. The minimum Gasteiger partial charge on any atom is -0.459 e. The molecule has 0 aromatic carbocycles. The van der Waals surface area contributed by atoms with E-state index in [0.717, 1.165) is 0 Å². The van der Waals surface area contributed by atoms with Gasteiger partial charge in [-0.25, -0.2) is 4.79 Å². The molecule has 1 unspecified atom stereocenters. The van der Waals surface area contributed by atoms with Crippen LogP contribution in [0.2, 0.25) is 0 Å². The molecule has 0 radical (unpaired) electrons. The lowest BCUT2D eigenvalue weighted by Gasteiger charge is -2.20. The minimum absolute atomic E-state index is 0.0209. The Hall–Kier alpha value is -1.36.